The molecule has 2 aliphatic carbocycles. The third-order valence-corrected chi connectivity index (χ3v) is 9.68. The van der Waals surface area contributed by atoms with E-state index in [1.165, 1.54) is 70.5 Å². The van der Waals surface area contributed by atoms with Crippen molar-refractivity contribution in [3.63, 3.8) is 0 Å². The minimum Gasteiger partial charge on any atom is -0.490 e. The summed E-state index contributed by atoms with van der Waals surface area (Å²) in [6.45, 7) is 11.9. The smallest absolute Gasteiger partial charge is 0.338 e. The Bertz CT molecular complexity index is 1280. The van der Waals surface area contributed by atoms with Crippen LogP contribution in [0.4, 0.5) is 0 Å². The number of methoxy groups -OCH3 is 1. The Kier molecular flexibility index (Phi) is 13.3. The van der Waals surface area contributed by atoms with Gasteiger partial charge in [0.25, 0.3) is 0 Å². The van der Waals surface area contributed by atoms with Gasteiger partial charge in [-0.1, -0.05) is 70.4 Å². The van der Waals surface area contributed by atoms with E-state index in [2.05, 4.69) is 44.3 Å². The molecule has 2 fully saturated rings. The van der Waals surface area contributed by atoms with E-state index in [9.17, 15) is 9.59 Å². The Labute approximate surface area is 270 Å². The van der Waals surface area contributed by atoms with Gasteiger partial charge < -0.3 is 18.9 Å². The number of rotatable bonds is 15. The van der Waals surface area contributed by atoms with Gasteiger partial charge in [0.05, 0.1) is 12.2 Å². The number of carbonyl (C=O) groups excluding carboxylic acids is 2. The molecule has 0 spiro atoms. The van der Waals surface area contributed by atoms with Crippen molar-refractivity contribution in [2.75, 3.05) is 26.9 Å². The summed E-state index contributed by atoms with van der Waals surface area (Å²) in [6.07, 6.45) is 14.6. The van der Waals surface area contributed by atoms with Crippen LogP contribution in [0.3, 0.4) is 0 Å². The molecule has 0 aromatic heterocycles. The van der Waals surface area contributed by atoms with Gasteiger partial charge in [0.1, 0.15) is 24.7 Å². The standard InChI is InChI=1S/C39H52O6/c1-6-7-8-29-9-11-30(12-10-29)31-13-15-33(16-14-31)37-25-35(45-38(40)27(2)3)21-22-36(37)32-17-19-34(20-18-32)43-23-24-44-39(41)28(4)26-42-5/h17-22,25,29-31,33H,2,4,6-16,23-24,26H2,1,3,5H3. The predicted octanol–water partition coefficient (Wildman–Crippen LogP) is 9.23. The molecule has 0 heterocycles. The summed E-state index contributed by atoms with van der Waals surface area (Å²) in [4.78, 5) is 24.2. The van der Waals surface area contributed by atoms with Gasteiger partial charge in [-0.25, -0.2) is 9.59 Å². The minimum absolute atomic E-state index is 0.126. The Morgan fingerprint density at radius 1 is 0.822 bits per heavy atom. The Hall–Kier alpha value is -3.38. The maximum absolute atomic E-state index is 12.3. The van der Waals surface area contributed by atoms with Crippen LogP contribution < -0.4 is 9.47 Å². The first-order valence-corrected chi connectivity index (χ1v) is 16.9. The Balaban J connectivity index is 1.40. The van der Waals surface area contributed by atoms with Crippen LogP contribution in [0.25, 0.3) is 11.1 Å². The zero-order chi connectivity index (χ0) is 32.2. The van der Waals surface area contributed by atoms with Crippen molar-refractivity contribution in [2.45, 2.75) is 90.4 Å². The van der Waals surface area contributed by atoms with E-state index < -0.39 is 11.9 Å². The summed E-state index contributed by atoms with van der Waals surface area (Å²) in [5, 5.41) is 0. The molecule has 0 amide bonds. The van der Waals surface area contributed by atoms with E-state index in [0.717, 1.165) is 41.7 Å². The number of ether oxygens (including phenoxy) is 4. The molecule has 0 saturated heterocycles. The summed E-state index contributed by atoms with van der Waals surface area (Å²) in [5.41, 5.74) is 4.14. The largest absolute Gasteiger partial charge is 0.490 e. The molecule has 6 heteroatoms. The van der Waals surface area contributed by atoms with Crippen molar-refractivity contribution in [1.29, 1.82) is 0 Å². The van der Waals surface area contributed by atoms with Gasteiger partial charge in [0.2, 0.25) is 0 Å². The lowest BCUT2D eigenvalue weighted by atomic mass is 9.67. The van der Waals surface area contributed by atoms with Gasteiger partial charge in [-0.15, -0.1) is 0 Å². The normalized spacial score (nSPS) is 21.5. The molecule has 2 aromatic carbocycles. The molecule has 0 N–H and O–H groups in total. The average molecular weight is 617 g/mol. The summed E-state index contributed by atoms with van der Waals surface area (Å²) in [6, 6.07) is 14.0. The molecule has 0 aliphatic heterocycles. The number of unbranched alkanes of at least 4 members (excludes halogenated alkanes) is 1. The van der Waals surface area contributed by atoms with Gasteiger partial charge in [0.15, 0.2) is 0 Å². The van der Waals surface area contributed by atoms with Crippen LogP contribution in [0, 0.1) is 17.8 Å². The zero-order valence-electron chi connectivity index (χ0n) is 27.6. The van der Waals surface area contributed by atoms with Crippen LogP contribution in [-0.4, -0.2) is 38.9 Å². The fraction of sp³-hybridized carbons (Fsp3) is 0.538. The van der Waals surface area contributed by atoms with Crippen LogP contribution in [0.15, 0.2) is 66.8 Å². The summed E-state index contributed by atoms with van der Waals surface area (Å²) in [5.74, 6) is 3.46. The van der Waals surface area contributed by atoms with E-state index in [4.69, 9.17) is 18.9 Å². The van der Waals surface area contributed by atoms with Crippen molar-refractivity contribution in [3.8, 4) is 22.6 Å². The Morgan fingerprint density at radius 2 is 1.47 bits per heavy atom. The minimum atomic E-state index is -0.482. The van der Waals surface area contributed by atoms with E-state index >= 15 is 0 Å². The number of benzene rings is 2. The topological polar surface area (TPSA) is 71.1 Å². The van der Waals surface area contributed by atoms with Gasteiger partial charge in [-0.05, 0) is 110 Å². The van der Waals surface area contributed by atoms with Crippen LogP contribution >= 0.6 is 0 Å². The van der Waals surface area contributed by atoms with Crippen molar-refractivity contribution in [2.24, 2.45) is 17.8 Å². The second-order valence-electron chi connectivity index (χ2n) is 13.0. The molecule has 0 atom stereocenters. The molecule has 2 aliphatic rings. The molecule has 2 aromatic rings. The van der Waals surface area contributed by atoms with Gasteiger partial charge in [0, 0.05) is 12.7 Å². The molecule has 4 rings (SSSR count). The lowest BCUT2D eigenvalue weighted by Gasteiger charge is -2.38. The highest BCUT2D eigenvalue weighted by molar-refractivity contribution is 5.89. The molecule has 244 valence electrons. The van der Waals surface area contributed by atoms with Crippen molar-refractivity contribution in [1.82, 2.24) is 0 Å². The molecular formula is C39H52O6. The highest BCUT2D eigenvalue weighted by Gasteiger charge is 2.32. The summed E-state index contributed by atoms with van der Waals surface area (Å²) >= 11 is 0. The van der Waals surface area contributed by atoms with Crippen molar-refractivity contribution in [3.05, 3.63) is 72.3 Å². The fourth-order valence-corrected chi connectivity index (χ4v) is 7.10. The third kappa shape index (κ3) is 10.1. The van der Waals surface area contributed by atoms with Crippen molar-refractivity contribution >= 4 is 11.9 Å². The predicted molar refractivity (Wildman–Crippen MR) is 179 cm³/mol. The van der Waals surface area contributed by atoms with Gasteiger partial charge in [-0.3, -0.25) is 0 Å². The van der Waals surface area contributed by atoms with Gasteiger partial charge in [-0.2, -0.15) is 0 Å². The first kappa shape index (κ1) is 34.5. The van der Waals surface area contributed by atoms with E-state index in [0.29, 0.717) is 23.0 Å². The lowest BCUT2D eigenvalue weighted by molar-refractivity contribution is -0.140. The molecule has 45 heavy (non-hydrogen) atoms. The van der Waals surface area contributed by atoms with Crippen LogP contribution in [-0.2, 0) is 19.1 Å². The van der Waals surface area contributed by atoms with E-state index in [-0.39, 0.29) is 25.4 Å². The lowest BCUT2D eigenvalue weighted by Crippen LogP contribution is -2.25. The van der Waals surface area contributed by atoms with E-state index in [1.807, 2.05) is 18.2 Å². The molecule has 0 unspecified atom stereocenters. The number of hydrogen-bond acceptors (Lipinski definition) is 6. The molecule has 2 saturated carbocycles. The van der Waals surface area contributed by atoms with Crippen LogP contribution in [0.1, 0.15) is 96.0 Å². The fourth-order valence-electron chi connectivity index (χ4n) is 7.10. The molecular weight excluding hydrogens is 564 g/mol. The summed E-state index contributed by atoms with van der Waals surface area (Å²) < 4.78 is 21.6. The molecule has 0 radical (unpaired) electrons. The molecule has 6 nitrogen and oxygen atoms in total. The average Bonchev–Trinajstić information content (AvgIpc) is 3.06. The van der Waals surface area contributed by atoms with E-state index in [1.54, 1.807) is 6.92 Å². The Morgan fingerprint density at radius 3 is 2.09 bits per heavy atom. The first-order chi connectivity index (χ1) is 21.8. The molecule has 0 bridgehead atoms. The highest BCUT2D eigenvalue weighted by atomic mass is 16.6. The second kappa shape index (κ2) is 17.4. The number of hydrogen-bond donors (Lipinski definition) is 0. The third-order valence-electron chi connectivity index (χ3n) is 9.68. The quantitative estimate of drug-likeness (QED) is 0.0860. The van der Waals surface area contributed by atoms with Crippen LogP contribution in [0.5, 0.6) is 11.5 Å². The zero-order valence-corrected chi connectivity index (χ0v) is 27.6. The van der Waals surface area contributed by atoms with Gasteiger partial charge >= 0.3 is 11.9 Å². The van der Waals surface area contributed by atoms with Crippen LogP contribution in [0.2, 0.25) is 0 Å². The monoisotopic (exact) mass is 616 g/mol. The maximum atomic E-state index is 12.3. The number of esters is 2. The summed E-state index contributed by atoms with van der Waals surface area (Å²) in [7, 11) is 1.51. The SMILES string of the molecule is C=C(C)C(=O)Oc1ccc(-c2ccc(OCCOC(=O)C(=C)COC)cc2)c(C2CCC(C3CCC(CCCC)CC3)CC2)c1. The maximum Gasteiger partial charge on any atom is 0.338 e. The number of carbonyl (C=O) groups is 2. The first-order valence-electron chi connectivity index (χ1n) is 16.9. The second-order valence-corrected chi connectivity index (χ2v) is 13.0. The van der Waals surface area contributed by atoms with Crippen molar-refractivity contribution < 1.29 is 28.5 Å². The highest BCUT2D eigenvalue weighted by Crippen LogP contribution is 2.46.